The van der Waals surface area contributed by atoms with E-state index in [1.807, 2.05) is 0 Å². The number of nitrogen functional groups attached to an aromatic ring is 1. The fourth-order valence-electron chi connectivity index (χ4n) is 2.05. The number of rotatable bonds is 8. The molecule has 2 aromatic carbocycles. The van der Waals surface area contributed by atoms with E-state index >= 15 is 0 Å². The maximum atomic E-state index is 12.1. The Balaban J connectivity index is 1.90. The minimum absolute atomic E-state index is 0.0945. The van der Waals surface area contributed by atoms with Crippen molar-refractivity contribution in [1.82, 2.24) is 5.32 Å². The summed E-state index contributed by atoms with van der Waals surface area (Å²) in [6.07, 6.45) is 0. The zero-order chi connectivity index (χ0) is 19.1. The molecule has 0 fully saturated rings. The third-order valence-electron chi connectivity index (χ3n) is 3.41. The van der Waals surface area contributed by atoms with Crippen LogP contribution < -0.4 is 15.8 Å². The predicted octanol–water partition coefficient (Wildman–Crippen LogP) is 1.05. The van der Waals surface area contributed by atoms with Crippen LogP contribution in [0.2, 0.25) is 0 Å². The summed E-state index contributed by atoms with van der Waals surface area (Å²) in [7, 11) is 0. The number of carbonyl (C=O) groups excluding carboxylic acids is 2. The van der Waals surface area contributed by atoms with Gasteiger partial charge in [0, 0.05) is 16.7 Å². The van der Waals surface area contributed by atoms with Crippen molar-refractivity contribution in [3.05, 3.63) is 65.2 Å². The second kappa shape index (κ2) is 8.43. The van der Waals surface area contributed by atoms with Gasteiger partial charge in [-0.15, -0.1) is 0 Å². The van der Waals surface area contributed by atoms with Gasteiger partial charge in [0.1, 0.15) is 11.6 Å². The number of nitrogens with one attached hydrogen (secondary N) is 2. The third-order valence-corrected chi connectivity index (χ3v) is 3.41. The first-order valence-corrected chi connectivity index (χ1v) is 7.57. The SMILES string of the molecule is N=C(N)c1ccc(C(=O)NCC(=O)c2ccc(OCC(=O)O)cc2)cc1. The number of hydrogen-bond donors (Lipinski definition) is 4. The van der Waals surface area contributed by atoms with Gasteiger partial charge in [-0.3, -0.25) is 15.0 Å². The molecular formula is C18H17N3O5. The van der Waals surface area contributed by atoms with Gasteiger partial charge in [0.05, 0.1) is 6.54 Å². The lowest BCUT2D eigenvalue weighted by Crippen LogP contribution is -2.29. The van der Waals surface area contributed by atoms with Gasteiger partial charge in [-0.25, -0.2) is 4.79 Å². The van der Waals surface area contributed by atoms with Crippen molar-refractivity contribution < 1.29 is 24.2 Å². The summed E-state index contributed by atoms with van der Waals surface area (Å²) in [6, 6.07) is 12.1. The number of ketones is 1. The number of ether oxygens (including phenoxy) is 1. The highest BCUT2D eigenvalue weighted by Gasteiger charge is 2.11. The maximum Gasteiger partial charge on any atom is 0.341 e. The van der Waals surface area contributed by atoms with Crippen LogP contribution in [0.1, 0.15) is 26.3 Å². The van der Waals surface area contributed by atoms with E-state index in [0.29, 0.717) is 22.4 Å². The van der Waals surface area contributed by atoms with Gasteiger partial charge in [-0.1, -0.05) is 12.1 Å². The Morgan fingerprint density at radius 2 is 1.50 bits per heavy atom. The van der Waals surface area contributed by atoms with Crippen LogP contribution in [0.25, 0.3) is 0 Å². The first-order chi connectivity index (χ1) is 12.4. The molecule has 0 bridgehead atoms. The number of hydrogen-bond acceptors (Lipinski definition) is 5. The lowest BCUT2D eigenvalue weighted by atomic mass is 10.1. The van der Waals surface area contributed by atoms with Crippen molar-refractivity contribution in [2.24, 2.45) is 5.73 Å². The van der Waals surface area contributed by atoms with Gasteiger partial charge in [0.15, 0.2) is 12.4 Å². The first kappa shape index (κ1) is 18.7. The zero-order valence-corrected chi connectivity index (χ0v) is 13.7. The second-order valence-electron chi connectivity index (χ2n) is 5.30. The van der Waals surface area contributed by atoms with Crippen molar-refractivity contribution in [2.75, 3.05) is 13.2 Å². The van der Waals surface area contributed by atoms with Crippen molar-refractivity contribution in [3.8, 4) is 5.75 Å². The molecule has 26 heavy (non-hydrogen) atoms. The van der Waals surface area contributed by atoms with Crippen molar-refractivity contribution >= 4 is 23.5 Å². The largest absolute Gasteiger partial charge is 0.482 e. The Bertz CT molecular complexity index is 829. The lowest BCUT2D eigenvalue weighted by molar-refractivity contribution is -0.139. The van der Waals surface area contributed by atoms with Gasteiger partial charge in [-0.2, -0.15) is 0 Å². The van der Waals surface area contributed by atoms with E-state index in [-0.39, 0.29) is 18.2 Å². The zero-order valence-electron chi connectivity index (χ0n) is 13.7. The maximum absolute atomic E-state index is 12.1. The van der Waals surface area contributed by atoms with Gasteiger partial charge >= 0.3 is 5.97 Å². The number of Topliss-reactive ketones (excluding diaryl/α,β-unsaturated/α-hetero) is 1. The molecule has 2 rings (SSSR count). The first-order valence-electron chi connectivity index (χ1n) is 7.57. The van der Waals surface area contributed by atoms with Crippen LogP contribution in [0.3, 0.4) is 0 Å². The Kier molecular flexibility index (Phi) is 6.05. The van der Waals surface area contributed by atoms with Gasteiger partial charge in [0.25, 0.3) is 5.91 Å². The van der Waals surface area contributed by atoms with Crippen molar-refractivity contribution in [2.45, 2.75) is 0 Å². The summed E-state index contributed by atoms with van der Waals surface area (Å²) in [6.45, 7) is -0.658. The van der Waals surface area contributed by atoms with Gasteiger partial charge in [-0.05, 0) is 36.4 Å². The van der Waals surface area contributed by atoms with Crippen LogP contribution in [0, 0.1) is 5.41 Å². The topological polar surface area (TPSA) is 143 Å². The number of carboxylic acids is 1. The van der Waals surface area contributed by atoms with Crippen LogP contribution in [0.4, 0.5) is 0 Å². The molecule has 0 unspecified atom stereocenters. The van der Waals surface area contributed by atoms with Crippen molar-refractivity contribution in [3.63, 3.8) is 0 Å². The molecule has 2 aromatic rings. The number of benzene rings is 2. The molecule has 5 N–H and O–H groups in total. The molecule has 134 valence electrons. The minimum atomic E-state index is -1.09. The van der Waals surface area contributed by atoms with E-state index < -0.39 is 18.5 Å². The Labute approximate surface area is 149 Å². The molecule has 0 saturated heterocycles. The molecule has 0 aromatic heterocycles. The number of carbonyl (C=O) groups is 3. The second-order valence-corrected chi connectivity index (χ2v) is 5.30. The monoisotopic (exact) mass is 355 g/mol. The van der Waals surface area contributed by atoms with Crippen molar-refractivity contribution in [1.29, 1.82) is 5.41 Å². The highest BCUT2D eigenvalue weighted by Crippen LogP contribution is 2.12. The predicted molar refractivity (Wildman–Crippen MR) is 93.7 cm³/mol. The summed E-state index contributed by atoms with van der Waals surface area (Å²) in [5, 5.41) is 18.4. The summed E-state index contributed by atoms with van der Waals surface area (Å²) in [5.74, 6) is -1.58. The average Bonchev–Trinajstić information content (AvgIpc) is 2.64. The standard InChI is InChI=1S/C18H17N3O5/c19-17(20)12-1-3-13(4-2-12)18(25)21-9-15(22)11-5-7-14(8-6-11)26-10-16(23)24/h1-8H,9-10H2,(H3,19,20)(H,21,25)(H,23,24). The van der Waals surface area contributed by atoms with Crippen LogP contribution in [0.15, 0.2) is 48.5 Å². The molecule has 1 amide bonds. The Morgan fingerprint density at radius 1 is 0.962 bits per heavy atom. The Morgan fingerprint density at radius 3 is 2.04 bits per heavy atom. The molecule has 0 spiro atoms. The van der Waals surface area contributed by atoms with Crippen LogP contribution in [0.5, 0.6) is 5.75 Å². The molecular weight excluding hydrogens is 338 g/mol. The van der Waals surface area contributed by atoms with Gasteiger partial charge < -0.3 is 20.9 Å². The normalized spacial score (nSPS) is 10.0. The molecule has 0 heterocycles. The molecule has 0 aliphatic heterocycles. The molecule has 0 atom stereocenters. The third kappa shape index (κ3) is 5.17. The highest BCUT2D eigenvalue weighted by atomic mass is 16.5. The highest BCUT2D eigenvalue weighted by molar-refractivity contribution is 6.02. The van der Waals surface area contributed by atoms with E-state index in [2.05, 4.69) is 5.32 Å². The quantitative estimate of drug-likeness (QED) is 0.317. The summed E-state index contributed by atoms with van der Waals surface area (Å²) >= 11 is 0. The average molecular weight is 355 g/mol. The van der Waals surface area contributed by atoms with E-state index in [1.54, 1.807) is 12.1 Å². The number of aliphatic carboxylic acids is 1. The van der Waals surface area contributed by atoms with E-state index in [4.69, 9.17) is 21.0 Å². The van der Waals surface area contributed by atoms with Gasteiger partial charge in [0.2, 0.25) is 0 Å². The fraction of sp³-hybridized carbons (Fsp3) is 0.111. The van der Waals surface area contributed by atoms with Crippen LogP contribution in [-0.4, -0.2) is 41.8 Å². The number of nitrogens with two attached hydrogens (primary N) is 1. The number of amides is 1. The molecule has 0 saturated carbocycles. The molecule has 8 heteroatoms. The van der Waals surface area contributed by atoms with E-state index in [1.165, 1.54) is 36.4 Å². The molecule has 0 radical (unpaired) electrons. The minimum Gasteiger partial charge on any atom is -0.482 e. The van der Waals surface area contributed by atoms with Crippen LogP contribution in [-0.2, 0) is 4.79 Å². The Hall–Kier alpha value is -3.68. The summed E-state index contributed by atoms with van der Waals surface area (Å²) in [4.78, 5) is 34.6. The van der Waals surface area contributed by atoms with E-state index in [0.717, 1.165) is 0 Å². The number of carboxylic acid groups (broad SMARTS) is 1. The lowest BCUT2D eigenvalue weighted by Gasteiger charge is -2.07. The van der Waals surface area contributed by atoms with Crippen LogP contribution >= 0.6 is 0 Å². The molecule has 8 nitrogen and oxygen atoms in total. The summed E-state index contributed by atoms with van der Waals surface area (Å²) in [5.41, 5.74) is 6.56. The summed E-state index contributed by atoms with van der Waals surface area (Å²) < 4.78 is 4.98. The number of amidine groups is 1. The van der Waals surface area contributed by atoms with E-state index in [9.17, 15) is 14.4 Å². The molecule has 0 aliphatic rings. The smallest absolute Gasteiger partial charge is 0.341 e. The fourth-order valence-corrected chi connectivity index (χ4v) is 2.05. The molecule has 0 aliphatic carbocycles.